The molecule has 0 atom stereocenters. The lowest BCUT2D eigenvalue weighted by atomic mass is 10.1. The van der Waals surface area contributed by atoms with Crippen LogP contribution in [0.5, 0.6) is 0 Å². The molecule has 0 radical (unpaired) electrons. The average molecular weight is 226 g/mol. The standard InChI is InChI=1S/C7H7N3O2.C2H6.CH5N/c1-3-4-2-5(11)8-7(12)6(4)10-9-3;2*1-2/h2H2,1H3,(H,9,10)(H,8,11,12);1-2H3;2H2,1H3. The zero-order valence-electron chi connectivity index (χ0n) is 10.0. The van der Waals surface area contributed by atoms with Crippen molar-refractivity contribution in [1.29, 1.82) is 0 Å². The molecule has 0 bridgehead atoms. The SMILES string of the molecule is CC.CN.Cc1[nH]nc2c1CC(=O)NC2=O. The van der Waals surface area contributed by atoms with E-state index in [0.717, 1.165) is 5.69 Å². The molecule has 90 valence electrons. The van der Waals surface area contributed by atoms with E-state index in [9.17, 15) is 9.59 Å². The van der Waals surface area contributed by atoms with Gasteiger partial charge in [-0.1, -0.05) is 13.8 Å². The van der Waals surface area contributed by atoms with Crippen LogP contribution in [0.4, 0.5) is 0 Å². The van der Waals surface area contributed by atoms with Crippen molar-refractivity contribution < 1.29 is 9.59 Å². The molecular weight excluding hydrogens is 208 g/mol. The first-order chi connectivity index (χ1) is 7.68. The van der Waals surface area contributed by atoms with E-state index in [2.05, 4.69) is 21.2 Å². The van der Waals surface area contributed by atoms with Crippen LogP contribution in [0.2, 0.25) is 0 Å². The Labute approximate surface area is 94.6 Å². The lowest BCUT2D eigenvalue weighted by Crippen LogP contribution is -2.37. The van der Waals surface area contributed by atoms with Crippen LogP contribution in [0, 0.1) is 6.92 Å². The van der Waals surface area contributed by atoms with Crippen LogP contribution in [-0.4, -0.2) is 29.1 Å². The van der Waals surface area contributed by atoms with Crippen LogP contribution in [0.15, 0.2) is 0 Å². The number of fused-ring (bicyclic) bond motifs is 1. The maximum Gasteiger partial charge on any atom is 0.278 e. The first kappa shape index (κ1) is 14.3. The summed E-state index contributed by atoms with van der Waals surface area (Å²) in [6, 6.07) is 0. The average Bonchev–Trinajstić information content (AvgIpc) is 2.67. The fraction of sp³-hybridized carbons (Fsp3) is 0.500. The number of nitrogens with one attached hydrogen (secondary N) is 2. The van der Waals surface area contributed by atoms with E-state index in [0.29, 0.717) is 11.3 Å². The number of amides is 2. The minimum Gasteiger partial charge on any atom is -0.333 e. The number of H-pyrrole nitrogens is 1. The van der Waals surface area contributed by atoms with E-state index in [4.69, 9.17) is 0 Å². The highest BCUT2D eigenvalue weighted by molar-refractivity contribution is 6.08. The van der Waals surface area contributed by atoms with Crippen molar-refractivity contribution in [3.8, 4) is 0 Å². The molecule has 0 spiro atoms. The number of hydrogen-bond donors (Lipinski definition) is 3. The third kappa shape index (κ3) is 2.90. The van der Waals surface area contributed by atoms with Gasteiger partial charge < -0.3 is 5.73 Å². The van der Waals surface area contributed by atoms with Gasteiger partial charge in [-0.05, 0) is 14.0 Å². The number of aryl methyl sites for hydroxylation is 1. The van der Waals surface area contributed by atoms with Gasteiger partial charge in [0.15, 0.2) is 5.69 Å². The Bertz CT molecular complexity index is 371. The Morgan fingerprint density at radius 2 is 1.81 bits per heavy atom. The number of carbonyl (C=O) groups excluding carboxylic acids is 2. The predicted molar refractivity (Wildman–Crippen MR) is 61.0 cm³/mol. The topological polar surface area (TPSA) is 101 Å². The summed E-state index contributed by atoms with van der Waals surface area (Å²) >= 11 is 0. The number of imide groups is 1. The monoisotopic (exact) mass is 226 g/mol. The van der Waals surface area contributed by atoms with E-state index in [1.165, 1.54) is 7.05 Å². The number of nitrogens with two attached hydrogens (primary N) is 1. The Morgan fingerprint density at radius 1 is 1.25 bits per heavy atom. The van der Waals surface area contributed by atoms with Crippen molar-refractivity contribution in [2.75, 3.05) is 7.05 Å². The molecule has 1 aliphatic heterocycles. The maximum atomic E-state index is 11.1. The van der Waals surface area contributed by atoms with Crippen LogP contribution in [-0.2, 0) is 11.2 Å². The second-order valence-electron chi connectivity index (χ2n) is 2.73. The zero-order chi connectivity index (χ0) is 12.7. The van der Waals surface area contributed by atoms with Crippen molar-refractivity contribution in [2.45, 2.75) is 27.2 Å². The smallest absolute Gasteiger partial charge is 0.278 e. The van der Waals surface area contributed by atoms with E-state index in [1.807, 2.05) is 13.8 Å². The van der Waals surface area contributed by atoms with Gasteiger partial charge in [-0.25, -0.2) is 0 Å². The van der Waals surface area contributed by atoms with Crippen LogP contribution < -0.4 is 11.1 Å². The number of rotatable bonds is 0. The minimum atomic E-state index is -0.411. The third-order valence-corrected chi connectivity index (χ3v) is 1.88. The first-order valence-electron chi connectivity index (χ1n) is 5.14. The summed E-state index contributed by atoms with van der Waals surface area (Å²) in [5.74, 6) is -0.678. The van der Waals surface area contributed by atoms with E-state index in [-0.39, 0.29) is 12.3 Å². The van der Waals surface area contributed by atoms with Crippen LogP contribution in [0.3, 0.4) is 0 Å². The Balaban J connectivity index is 0.000000509. The third-order valence-electron chi connectivity index (χ3n) is 1.88. The van der Waals surface area contributed by atoms with E-state index >= 15 is 0 Å². The molecule has 2 rings (SSSR count). The quantitative estimate of drug-likeness (QED) is 0.547. The van der Waals surface area contributed by atoms with Gasteiger partial charge in [0, 0.05) is 11.3 Å². The summed E-state index contributed by atoms with van der Waals surface area (Å²) < 4.78 is 0. The Kier molecular flexibility index (Phi) is 6.02. The lowest BCUT2D eigenvalue weighted by molar-refractivity contribution is -0.119. The molecule has 6 nitrogen and oxygen atoms in total. The van der Waals surface area contributed by atoms with E-state index < -0.39 is 5.91 Å². The summed E-state index contributed by atoms with van der Waals surface area (Å²) in [7, 11) is 1.50. The van der Waals surface area contributed by atoms with Crippen LogP contribution >= 0.6 is 0 Å². The molecule has 2 amide bonds. The number of carbonyl (C=O) groups is 2. The molecule has 0 fully saturated rings. The molecule has 6 heteroatoms. The summed E-state index contributed by atoms with van der Waals surface area (Å²) in [6.45, 7) is 5.79. The van der Waals surface area contributed by atoms with Crippen molar-refractivity contribution in [1.82, 2.24) is 15.5 Å². The predicted octanol–water partition coefficient (Wildman–Crippen LogP) is 0.132. The normalized spacial score (nSPS) is 12.6. The molecule has 0 aromatic carbocycles. The zero-order valence-corrected chi connectivity index (χ0v) is 10.0. The molecule has 1 aliphatic rings. The van der Waals surface area contributed by atoms with Crippen molar-refractivity contribution in [3.63, 3.8) is 0 Å². The number of nitrogens with zero attached hydrogens (tertiary/aromatic N) is 1. The highest BCUT2D eigenvalue weighted by Crippen LogP contribution is 2.14. The Morgan fingerprint density at radius 3 is 2.38 bits per heavy atom. The van der Waals surface area contributed by atoms with Crippen molar-refractivity contribution in [2.24, 2.45) is 5.73 Å². The van der Waals surface area contributed by atoms with Gasteiger partial charge in [0.1, 0.15) is 0 Å². The molecule has 1 aromatic heterocycles. The molecule has 0 aliphatic carbocycles. The minimum absolute atomic E-state index is 0.239. The van der Waals surface area contributed by atoms with Crippen molar-refractivity contribution in [3.05, 3.63) is 17.0 Å². The number of aromatic nitrogens is 2. The van der Waals surface area contributed by atoms with Crippen molar-refractivity contribution >= 4 is 11.8 Å². The fourth-order valence-corrected chi connectivity index (χ4v) is 1.25. The van der Waals surface area contributed by atoms with Gasteiger partial charge >= 0.3 is 0 Å². The van der Waals surface area contributed by atoms with Gasteiger partial charge in [-0.3, -0.25) is 20.0 Å². The fourth-order valence-electron chi connectivity index (χ4n) is 1.25. The maximum absolute atomic E-state index is 11.1. The summed E-state index contributed by atoms with van der Waals surface area (Å²) in [4.78, 5) is 22.0. The number of aromatic amines is 1. The van der Waals surface area contributed by atoms with Gasteiger partial charge in [0.05, 0.1) is 6.42 Å². The highest BCUT2D eigenvalue weighted by atomic mass is 16.2. The first-order valence-corrected chi connectivity index (χ1v) is 5.14. The highest BCUT2D eigenvalue weighted by Gasteiger charge is 2.26. The van der Waals surface area contributed by atoms with Crippen LogP contribution in [0.25, 0.3) is 0 Å². The van der Waals surface area contributed by atoms with E-state index in [1.54, 1.807) is 6.92 Å². The largest absolute Gasteiger partial charge is 0.333 e. The summed E-state index contributed by atoms with van der Waals surface area (Å²) in [5, 5.41) is 8.64. The lowest BCUT2D eigenvalue weighted by Gasteiger charge is -2.09. The molecule has 2 heterocycles. The van der Waals surface area contributed by atoms with Gasteiger partial charge in [0.2, 0.25) is 5.91 Å². The summed E-state index contributed by atoms with van der Waals surface area (Å²) in [6.07, 6.45) is 0.239. The molecule has 4 N–H and O–H groups in total. The second kappa shape index (κ2) is 6.73. The number of hydrogen-bond acceptors (Lipinski definition) is 4. The molecule has 16 heavy (non-hydrogen) atoms. The van der Waals surface area contributed by atoms with Gasteiger partial charge in [-0.2, -0.15) is 5.10 Å². The van der Waals surface area contributed by atoms with Crippen LogP contribution in [0.1, 0.15) is 35.6 Å². The molecular formula is C10H18N4O2. The second-order valence-corrected chi connectivity index (χ2v) is 2.73. The molecule has 0 unspecified atom stereocenters. The van der Waals surface area contributed by atoms with Gasteiger partial charge in [0.25, 0.3) is 5.91 Å². The summed E-state index contributed by atoms with van der Waals surface area (Å²) in [5.41, 5.74) is 6.34. The molecule has 0 saturated heterocycles. The molecule has 0 saturated carbocycles. The Hall–Kier alpha value is -1.69. The molecule has 1 aromatic rings. The van der Waals surface area contributed by atoms with Gasteiger partial charge in [-0.15, -0.1) is 0 Å².